The summed E-state index contributed by atoms with van der Waals surface area (Å²) in [7, 11) is -6.01. The Morgan fingerprint density at radius 1 is 1.25 bits per heavy atom. The first-order chi connectivity index (χ1) is 6.98. The van der Waals surface area contributed by atoms with Gasteiger partial charge >= 0.3 is 15.2 Å². The van der Waals surface area contributed by atoms with Crippen molar-refractivity contribution in [3.8, 4) is 0 Å². The minimum atomic E-state index is -5.19. The molecule has 0 saturated carbocycles. The molecule has 0 radical (unpaired) electrons. The lowest BCUT2D eigenvalue weighted by molar-refractivity contribution is 0.109. The molecular formula is C6H17NO7P2. The summed E-state index contributed by atoms with van der Waals surface area (Å²) in [5.74, 6) is 0. The van der Waals surface area contributed by atoms with Crippen molar-refractivity contribution in [1.29, 1.82) is 0 Å². The number of rotatable bonds is 6. The quantitative estimate of drug-likeness (QED) is 0.482. The van der Waals surface area contributed by atoms with Gasteiger partial charge in [0.15, 0.2) is 0 Å². The molecule has 0 spiro atoms. The zero-order chi connectivity index (χ0) is 13.2. The molecule has 0 fully saturated rings. The van der Waals surface area contributed by atoms with Crippen LogP contribution in [0, 0.1) is 0 Å². The van der Waals surface area contributed by atoms with E-state index in [2.05, 4.69) is 4.52 Å². The summed E-state index contributed by atoms with van der Waals surface area (Å²) in [6.45, 7) is 0.0233. The van der Waals surface area contributed by atoms with E-state index >= 15 is 0 Å². The van der Waals surface area contributed by atoms with Gasteiger partial charge in [-0.15, -0.1) is 0 Å². The fourth-order valence-corrected chi connectivity index (χ4v) is 3.60. The predicted molar refractivity (Wildman–Crippen MR) is 57.0 cm³/mol. The van der Waals surface area contributed by atoms with Crippen molar-refractivity contribution in [2.24, 2.45) is 0 Å². The van der Waals surface area contributed by atoms with Gasteiger partial charge < -0.3 is 29.2 Å². The van der Waals surface area contributed by atoms with Crippen LogP contribution in [-0.2, 0) is 13.7 Å². The van der Waals surface area contributed by atoms with Crippen LogP contribution >= 0.6 is 15.2 Å². The second-order valence-electron chi connectivity index (χ2n) is 3.57. The molecule has 0 aliphatic carbocycles. The van der Waals surface area contributed by atoms with Crippen LogP contribution in [0.15, 0.2) is 0 Å². The molecule has 2 unspecified atom stereocenters. The average Bonchev–Trinajstić information content (AvgIpc) is 2.11. The van der Waals surface area contributed by atoms with Crippen molar-refractivity contribution < 1.29 is 33.4 Å². The molecule has 10 heteroatoms. The topological polar surface area (TPSA) is 128 Å². The van der Waals surface area contributed by atoms with E-state index in [0.29, 0.717) is 0 Å². The Balaban J connectivity index is 5.23. The molecule has 0 heterocycles. The Morgan fingerprint density at radius 2 is 1.69 bits per heavy atom. The van der Waals surface area contributed by atoms with Crippen LogP contribution in [0.4, 0.5) is 0 Å². The van der Waals surface area contributed by atoms with Crippen LogP contribution in [0.2, 0.25) is 0 Å². The Morgan fingerprint density at radius 3 is 1.94 bits per heavy atom. The first-order valence-electron chi connectivity index (χ1n) is 4.29. The zero-order valence-electron chi connectivity index (χ0n) is 9.27. The molecule has 0 rings (SSSR count). The highest BCUT2D eigenvalue weighted by atomic mass is 31.2. The standard InChI is InChI=1S/C6H17NO7P2/c1-7(2)5-4-6(8,15(9,10)11)16(12,13)14-3/h8H,4-5H2,1-3H3,(H,12,13)(H2,9,10,11). The van der Waals surface area contributed by atoms with Gasteiger partial charge in [-0.1, -0.05) is 0 Å². The molecule has 16 heavy (non-hydrogen) atoms. The van der Waals surface area contributed by atoms with Gasteiger partial charge in [-0.2, -0.15) is 0 Å². The number of nitrogens with zero attached hydrogens (tertiary/aromatic N) is 1. The summed E-state index contributed by atoms with van der Waals surface area (Å²) in [6, 6.07) is 0. The van der Waals surface area contributed by atoms with Crippen LogP contribution in [0.25, 0.3) is 0 Å². The van der Waals surface area contributed by atoms with Crippen LogP contribution in [-0.4, -0.2) is 57.5 Å². The highest BCUT2D eigenvalue weighted by molar-refractivity contribution is 7.72. The third-order valence-corrected chi connectivity index (χ3v) is 6.38. The first-order valence-corrected chi connectivity index (χ1v) is 7.48. The lowest BCUT2D eigenvalue weighted by Gasteiger charge is -2.31. The molecule has 0 saturated heterocycles. The predicted octanol–water partition coefficient (Wildman–Crippen LogP) is -0.406. The van der Waals surface area contributed by atoms with Gasteiger partial charge in [0.1, 0.15) is 0 Å². The number of aliphatic hydroxyl groups is 1. The van der Waals surface area contributed by atoms with Gasteiger partial charge in [0.25, 0.3) is 5.08 Å². The van der Waals surface area contributed by atoms with E-state index in [9.17, 15) is 19.1 Å². The van der Waals surface area contributed by atoms with E-state index in [1.165, 1.54) is 4.90 Å². The monoisotopic (exact) mass is 277 g/mol. The minimum Gasteiger partial charge on any atom is -0.367 e. The van der Waals surface area contributed by atoms with Crippen molar-refractivity contribution in [2.75, 3.05) is 27.7 Å². The summed E-state index contributed by atoms with van der Waals surface area (Å²) in [4.78, 5) is 28.7. The Hall–Kier alpha value is 0.220. The normalized spacial score (nSPS) is 20.5. The van der Waals surface area contributed by atoms with Crippen molar-refractivity contribution >= 4 is 15.2 Å². The van der Waals surface area contributed by atoms with Crippen LogP contribution in [0.5, 0.6) is 0 Å². The molecular weight excluding hydrogens is 260 g/mol. The van der Waals surface area contributed by atoms with E-state index in [1.807, 2.05) is 0 Å². The fraction of sp³-hybridized carbons (Fsp3) is 1.00. The van der Waals surface area contributed by atoms with Crippen molar-refractivity contribution in [2.45, 2.75) is 11.5 Å². The molecule has 0 aromatic rings. The third kappa shape index (κ3) is 3.35. The molecule has 2 atom stereocenters. The van der Waals surface area contributed by atoms with Gasteiger partial charge in [0, 0.05) is 20.1 Å². The average molecular weight is 277 g/mol. The van der Waals surface area contributed by atoms with Crippen LogP contribution < -0.4 is 0 Å². The molecule has 8 nitrogen and oxygen atoms in total. The summed E-state index contributed by atoms with van der Waals surface area (Å²) in [6.07, 6.45) is -0.577. The molecule has 4 N–H and O–H groups in total. The second-order valence-corrected chi connectivity index (χ2v) is 7.90. The van der Waals surface area contributed by atoms with Gasteiger partial charge in [-0.25, -0.2) is 0 Å². The summed E-state index contributed by atoms with van der Waals surface area (Å²) in [5, 5.41) is 6.63. The van der Waals surface area contributed by atoms with E-state index < -0.39 is 26.7 Å². The Bertz CT molecular complexity index is 327. The van der Waals surface area contributed by atoms with E-state index in [0.717, 1.165) is 7.11 Å². The van der Waals surface area contributed by atoms with Gasteiger partial charge in [0.2, 0.25) is 0 Å². The zero-order valence-corrected chi connectivity index (χ0v) is 11.1. The summed E-state index contributed by atoms with van der Waals surface area (Å²) in [5.41, 5.74) is 0. The van der Waals surface area contributed by atoms with E-state index in [4.69, 9.17) is 9.79 Å². The molecule has 0 bridgehead atoms. The Kier molecular flexibility index (Phi) is 5.32. The molecule has 98 valence electrons. The summed E-state index contributed by atoms with van der Waals surface area (Å²) < 4.78 is 26.6. The molecule has 0 aromatic carbocycles. The van der Waals surface area contributed by atoms with Gasteiger partial charge in [-0.3, -0.25) is 9.13 Å². The molecule has 0 aliphatic heterocycles. The minimum absolute atomic E-state index is 0.0233. The molecule has 0 aliphatic rings. The Labute approximate surface area is 93.5 Å². The first kappa shape index (κ1) is 16.2. The highest BCUT2D eigenvalue weighted by Gasteiger charge is 2.59. The van der Waals surface area contributed by atoms with Gasteiger partial charge in [0.05, 0.1) is 0 Å². The van der Waals surface area contributed by atoms with Gasteiger partial charge in [-0.05, 0) is 14.1 Å². The lowest BCUT2D eigenvalue weighted by Crippen LogP contribution is -2.33. The smallest absolute Gasteiger partial charge is 0.367 e. The van der Waals surface area contributed by atoms with Crippen molar-refractivity contribution in [1.82, 2.24) is 4.90 Å². The van der Waals surface area contributed by atoms with E-state index in [-0.39, 0.29) is 6.54 Å². The van der Waals surface area contributed by atoms with Crippen molar-refractivity contribution in [3.05, 3.63) is 0 Å². The second kappa shape index (κ2) is 5.25. The number of hydrogen-bond acceptors (Lipinski definition) is 5. The van der Waals surface area contributed by atoms with Crippen LogP contribution in [0.3, 0.4) is 0 Å². The fourth-order valence-electron chi connectivity index (χ4n) is 0.971. The largest absolute Gasteiger partial charge is 0.371 e. The lowest BCUT2D eigenvalue weighted by atomic mass is 10.4. The number of hydrogen-bond donors (Lipinski definition) is 4. The van der Waals surface area contributed by atoms with Crippen LogP contribution in [0.1, 0.15) is 6.42 Å². The van der Waals surface area contributed by atoms with Crippen molar-refractivity contribution in [3.63, 3.8) is 0 Å². The third-order valence-electron chi connectivity index (χ3n) is 2.06. The molecule has 0 amide bonds. The SMILES string of the molecule is COP(=O)(O)C(O)(CCN(C)C)P(=O)(O)O. The van der Waals surface area contributed by atoms with E-state index in [1.54, 1.807) is 14.1 Å². The maximum atomic E-state index is 11.4. The maximum absolute atomic E-state index is 11.4. The maximum Gasteiger partial charge on any atom is 0.371 e. The molecule has 0 aromatic heterocycles. The highest BCUT2D eigenvalue weighted by Crippen LogP contribution is 2.71. The summed E-state index contributed by atoms with van der Waals surface area (Å²) >= 11 is 0.